The molecule has 7 heteroatoms. The molecule has 1 aromatic carbocycles. The topological polar surface area (TPSA) is 85.2 Å². The van der Waals surface area contributed by atoms with Crippen molar-refractivity contribution in [2.24, 2.45) is 5.92 Å². The molecule has 2 heterocycles. The van der Waals surface area contributed by atoms with Gasteiger partial charge in [0.2, 0.25) is 5.91 Å². The van der Waals surface area contributed by atoms with Gasteiger partial charge < -0.3 is 15.4 Å². The maximum absolute atomic E-state index is 12.8. The lowest BCUT2D eigenvalue weighted by Crippen LogP contribution is -2.32. The van der Waals surface area contributed by atoms with E-state index in [4.69, 9.17) is 4.74 Å². The molecule has 0 bridgehead atoms. The number of hydrogen-bond acceptors (Lipinski definition) is 4. The molecule has 0 saturated carbocycles. The van der Waals surface area contributed by atoms with Gasteiger partial charge >= 0.3 is 0 Å². The maximum atomic E-state index is 12.8. The molecule has 7 nitrogen and oxygen atoms in total. The Balaban J connectivity index is 1.72. The molecule has 0 spiro atoms. The molecule has 144 valence electrons. The van der Waals surface area contributed by atoms with Crippen LogP contribution in [0.3, 0.4) is 0 Å². The number of carbonyl (C=O) groups is 2. The van der Waals surface area contributed by atoms with Gasteiger partial charge in [0, 0.05) is 25.7 Å². The lowest BCUT2D eigenvalue weighted by Gasteiger charge is -2.24. The van der Waals surface area contributed by atoms with E-state index in [0.717, 1.165) is 42.1 Å². The van der Waals surface area contributed by atoms with Crippen molar-refractivity contribution in [2.45, 2.75) is 40.2 Å². The molecule has 0 fully saturated rings. The first-order valence-corrected chi connectivity index (χ1v) is 9.31. The Hall–Kier alpha value is -2.83. The lowest BCUT2D eigenvalue weighted by molar-refractivity contribution is -0.119. The predicted molar refractivity (Wildman–Crippen MR) is 103 cm³/mol. The van der Waals surface area contributed by atoms with Crippen LogP contribution >= 0.6 is 0 Å². The monoisotopic (exact) mass is 370 g/mol. The van der Waals surface area contributed by atoms with Gasteiger partial charge in [0.25, 0.3) is 5.91 Å². The molecule has 2 amide bonds. The van der Waals surface area contributed by atoms with E-state index < -0.39 is 0 Å². The molecular weight excluding hydrogens is 344 g/mol. The fourth-order valence-corrected chi connectivity index (χ4v) is 3.37. The van der Waals surface area contributed by atoms with Crippen molar-refractivity contribution >= 4 is 17.5 Å². The Morgan fingerprint density at radius 2 is 2.19 bits per heavy atom. The third kappa shape index (κ3) is 4.48. The Kier molecular flexibility index (Phi) is 5.78. The van der Waals surface area contributed by atoms with Gasteiger partial charge in [0.05, 0.1) is 24.1 Å². The second kappa shape index (κ2) is 8.24. The summed E-state index contributed by atoms with van der Waals surface area (Å²) in [5.41, 5.74) is 3.22. The third-order valence-electron chi connectivity index (χ3n) is 4.82. The van der Waals surface area contributed by atoms with Gasteiger partial charge in [-0.3, -0.25) is 14.3 Å². The zero-order valence-corrected chi connectivity index (χ0v) is 16.0. The minimum absolute atomic E-state index is 0.0296. The van der Waals surface area contributed by atoms with E-state index in [9.17, 15) is 9.59 Å². The molecule has 2 aromatic rings. The van der Waals surface area contributed by atoms with Gasteiger partial charge in [0.15, 0.2) is 0 Å². The molecule has 0 saturated heterocycles. The van der Waals surface area contributed by atoms with Gasteiger partial charge in [-0.1, -0.05) is 0 Å². The van der Waals surface area contributed by atoms with Crippen molar-refractivity contribution in [2.75, 3.05) is 18.5 Å². The van der Waals surface area contributed by atoms with Crippen LogP contribution in [-0.2, 0) is 17.8 Å². The second-order valence-corrected chi connectivity index (χ2v) is 6.89. The molecule has 3 rings (SSSR count). The summed E-state index contributed by atoms with van der Waals surface area (Å²) in [5, 5.41) is 10.2. The van der Waals surface area contributed by atoms with Crippen LogP contribution in [0.2, 0.25) is 0 Å². The van der Waals surface area contributed by atoms with Crippen LogP contribution < -0.4 is 15.4 Å². The number of ether oxygens (including phenoxy) is 1. The number of anilines is 1. The molecule has 1 unspecified atom stereocenters. The standard InChI is InChI=1S/C20H26N4O3/c1-4-27-16-5-6-18(13(2)9-16)23-20(26)17-12-22-24-8-7-15(10-19(17)24)11-21-14(3)25/h5-6,9,12,15H,4,7-8,10-11H2,1-3H3,(H,21,25)(H,23,26). The molecule has 0 aliphatic carbocycles. The molecule has 0 radical (unpaired) electrons. The van der Waals surface area contributed by atoms with Gasteiger partial charge in [0.1, 0.15) is 5.75 Å². The first kappa shape index (κ1) is 18.9. The number of aromatic nitrogens is 2. The molecule has 1 aliphatic rings. The SMILES string of the molecule is CCOc1ccc(NC(=O)c2cnn3c2CC(CNC(C)=O)CC3)c(C)c1. The summed E-state index contributed by atoms with van der Waals surface area (Å²) in [4.78, 5) is 24.0. The van der Waals surface area contributed by atoms with Crippen LogP contribution in [0.25, 0.3) is 0 Å². The molecule has 27 heavy (non-hydrogen) atoms. The first-order valence-electron chi connectivity index (χ1n) is 9.31. The van der Waals surface area contributed by atoms with E-state index in [0.29, 0.717) is 24.6 Å². The summed E-state index contributed by atoms with van der Waals surface area (Å²) in [5.74, 6) is 0.912. The van der Waals surface area contributed by atoms with Gasteiger partial charge in [-0.15, -0.1) is 0 Å². The third-order valence-corrected chi connectivity index (χ3v) is 4.82. The molecule has 1 aromatic heterocycles. The van der Waals surface area contributed by atoms with Gasteiger partial charge in [-0.2, -0.15) is 5.10 Å². The number of amides is 2. The molecule has 1 atom stereocenters. The summed E-state index contributed by atoms with van der Waals surface area (Å²) in [7, 11) is 0. The summed E-state index contributed by atoms with van der Waals surface area (Å²) in [6, 6.07) is 5.62. The number of benzene rings is 1. The van der Waals surface area contributed by atoms with Crippen LogP contribution in [0, 0.1) is 12.8 Å². The summed E-state index contributed by atoms with van der Waals surface area (Å²) >= 11 is 0. The highest BCUT2D eigenvalue weighted by molar-refractivity contribution is 6.05. The number of rotatable bonds is 6. The second-order valence-electron chi connectivity index (χ2n) is 6.89. The Morgan fingerprint density at radius 1 is 1.37 bits per heavy atom. The van der Waals surface area contributed by atoms with Crippen LogP contribution in [0.4, 0.5) is 5.69 Å². The highest BCUT2D eigenvalue weighted by Crippen LogP contribution is 2.25. The smallest absolute Gasteiger partial charge is 0.259 e. The summed E-state index contributed by atoms with van der Waals surface area (Å²) < 4.78 is 7.38. The van der Waals surface area contributed by atoms with E-state index in [1.807, 2.05) is 36.7 Å². The average Bonchev–Trinajstić information content (AvgIpc) is 3.06. The van der Waals surface area contributed by atoms with Crippen molar-refractivity contribution in [1.82, 2.24) is 15.1 Å². The number of nitrogens with zero attached hydrogens (tertiary/aromatic N) is 2. The van der Waals surface area contributed by atoms with Crippen molar-refractivity contribution in [1.29, 1.82) is 0 Å². The Morgan fingerprint density at radius 3 is 2.89 bits per heavy atom. The van der Waals surface area contributed by atoms with E-state index in [1.54, 1.807) is 6.20 Å². The fourth-order valence-electron chi connectivity index (χ4n) is 3.37. The van der Waals surface area contributed by atoms with Gasteiger partial charge in [-0.25, -0.2) is 0 Å². The number of carbonyl (C=O) groups excluding carboxylic acids is 2. The van der Waals surface area contributed by atoms with Gasteiger partial charge in [-0.05, 0) is 56.4 Å². The Bertz CT molecular complexity index is 844. The van der Waals surface area contributed by atoms with Crippen molar-refractivity contribution < 1.29 is 14.3 Å². The largest absolute Gasteiger partial charge is 0.494 e. The van der Waals surface area contributed by atoms with Crippen molar-refractivity contribution in [3.8, 4) is 5.75 Å². The number of fused-ring (bicyclic) bond motifs is 1. The van der Waals surface area contributed by atoms with Crippen molar-refractivity contribution in [3.05, 3.63) is 41.2 Å². The van der Waals surface area contributed by atoms with E-state index in [-0.39, 0.29) is 11.8 Å². The average molecular weight is 370 g/mol. The normalized spacial score (nSPS) is 15.7. The van der Waals surface area contributed by atoms with Crippen LogP contribution in [-0.4, -0.2) is 34.7 Å². The van der Waals surface area contributed by atoms with E-state index in [2.05, 4.69) is 15.7 Å². The Labute approximate surface area is 159 Å². The number of hydrogen-bond donors (Lipinski definition) is 2. The van der Waals surface area contributed by atoms with E-state index in [1.165, 1.54) is 6.92 Å². The molecule has 1 aliphatic heterocycles. The summed E-state index contributed by atoms with van der Waals surface area (Å²) in [6.45, 7) is 7.38. The van der Waals surface area contributed by atoms with Crippen LogP contribution in [0.5, 0.6) is 5.75 Å². The van der Waals surface area contributed by atoms with E-state index >= 15 is 0 Å². The van der Waals surface area contributed by atoms with Crippen LogP contribution in [0.15, 0.2) is 24.4 Å². The zero-order valence-electron chi connectivity index (χ0n) is 16.0. The minimum atomic E-state index is -0.163. The predicted octanol–water partition coefficient (Wildman–Crippen LogP) is 2.54. The maximum Gasteiger partial charge on any atom is 0.259 e. The summed E-state index contributed by atoms with van der Waals surface area (Å²) in [6.07, 6.45) is 3.30. The lowest BCUT2D eigenvalue weighted by atomic mass is 9.94. The molecular formula is C20H26N4O3. The minimum Gasteiger partial charge on any atom is -0.494 e. The molecule has 2 N–H and O–H groups in total. The first-order chi connectivity index (χ1) is 13.0. The van der Waals surface area contributed by atoms with Crippen molar-refractivity contribution in [3.63, 3.8) is 0 Å². The number of aryl methyl sites for hydroxylation is 2. The zero-order chi connectivity index (χ0) is 19.4. The highest BCUT2D eigenvalue weighted by atomic mass is 16.5. The quantitative estimate of drug-likeness (QED) is 0.818. The van der Waals surface area contributed by atoms with Crippen LogP contribution in [0.1, 0.15) is 41.9 Å². The fraction of sp³-hybridized carbons (Fsp3) is 0.450. The number of nitrogens with one attached hydrogen (secondary N) is 2. The highest BCUT2D eigenvalue weighted by Gasteiger charge is 2.25.